The zero-order valence-electron chi connectivity index (χ0n) is 12.9. The fraction of sp³-hybridized carbons (Fsp3) is 0.667. The Balaban J connectivity index is 1.73. The first-order valence-corrected chi connectivity index (χ1v) is 10.3. The second kappa shape index (κ2) is 6.88. The summed E-state index contributed by atoms with van der Waals surface area (Å²) in [6.45, 7) is 1.56. The third-order valence-corrected chi connectivity index (χ3v) is 7.99. The Morgan fingerprint density at radius 1 is 1.35 bits per heavy atom. The minimum atomic E-state index is -3.41. The second-order valence-corrected chi connectivity index (χ2v) is 9.23. The van der Waals surface area contributed by atoms with E-state index in [9.17, 15) is 13.2 Å². The Morgan fingerprint density at radius 3 is 2.87 bits per heavy atom. The van der Waals surface area contributed by atoms with Gasteiger partial charge in [0.15, 0.2) is 0 Å². The number of likely N-dealkylation sites (tertiary alicyclic amines) is 1. The van der Waals surface area contributed by atoms with Crippen LogP contribution in [0.4, 0.5) is 0 Å². The fourth-order valence-electron chi connectivity index (χ4n) is 3.61. The molecule has 23 heavy (non-hydrogen) atoms. The molecule has 2 fully saturated rings. The summed E-state index contributed by atoms with van der Waals surface area (Å²) in [6.07, 6.45) is 2.47. The van der Waals surface area contributed by atoms with Crippen LogP contribution in [0, 0.1) is 5.92 Å². The van der Waals surface area contributed by atoms with E-state index in [0.29, 0.717) is 43.1 Å². The van der Waals surface area contributed by atoms with Crippen LogP contribution in [0.3, 0.4) is 0 Å². The zero-order chi connectivity index (χ0) is 16.4. The molecule has 0 spiro atoms. The molecule has 1 amide bonds. The molecule has 1 aromatic rings. The molecular weight excluding hydrogens is 336 g/mol. The van der Waals surface area contributed by atoms with Crippen molar-refractivity contribution >= 4 is 27.3 Å². The summed E-state index contributed by atoms with van der Waals surface area (Å²) in [7, 11) is -3.41. The molecule has 128 valence electrons. The number of piperidine rings is 2. The van der Waals surface area contributed by atoms with Gasteiger partial charge in [-0.2, -0.15) is 4.31 Å². The predicted octanol–water partition coefficient (Wildman–Crippen LogP) is 1.13. The van der Waals surface area contributed by atoms with Gasteiger partial charge in [0, 0.05) is 38.7 Å². The highest BCUT2D eigenvalue weighted by atomic mass is 32.2. The number of sulfonamides is 1. The van der Waals surface area contributed by atoms with E-state index in [2.05, 4.69) is 0 Å². The molecule has 0 saturated carbocycles. The van der Waals surface area contributed by atoms with Gasteiger partial charge in [-0.05, 0) is 36.6 Å². The number of hydrogen-bond donors (Lipinski definition) is 1. The van der Waals surface area contributed by atoms with E-state index < -0.39 is 10.0 Å². The molecule has 2 saturated heterocycles. The normalized spacial score (nSPS) is 26.3. The van der Waals surface area contributed by atoms with Gasteiger partial charge in [0.25, 0.3) is 10.0 Å². The van der Waals surface area contributed by atoms with Gasteiger partial charge in [0.05, 0.1) is 0 Å². The molecule has 0 aliphatic carbocycles. The van der Waals surface area contributed by atoms with E-state index >= 15 is 0 Å². The van der Waals surface area contributed by atoms with Crippen LogP contribution < -0.4 is 0 Å². The van der Waals surface area contributed by atoms with Crippen molar-refractivity contribution in [2.24, 2.45) is 5.92 Å². The van der Waals surface area contributed by atoms with Crippen molar-refractivity contribution < 1.29 is 18.3 Å². The first-order chi connectivity index (χ1) is 11.0. The molecule has 2 atom stereocenters. The van der Waals surface area contributed by atoms with Gasteiger partial charge < -0.3 is 10.0 Å². The standard InChI is InChI=1S/C15H22N2O4S2/c18-9-2-7-17-13-6-8-16(11-12(13)4-5-14(17)19)23(20,21)15-3-1-10-22-15/h1,3,10,12-13,18H,2,4-9,11H2/t12-,13+/m0/s1. The third kappa shape index (κ3) is 3.31. The minimum absolute atomic E-state index is 0.0695. The highest BCUT2D eigenvalue weighted by Crippen LogP contribution is 2.34. The SMILES string of the molecule is O=C1CC[C@H]2CN(S(=O)(=O)c3cccs3)CC[C@H]2N1CCCO. The fourth-order valence-corrected chi connectivity index (χ4v) is 6.26. The maximum atomic E-state index is 12.7. The lowest BCUT2D eigenvalue weighted by molar-refractivity contribution is -0.140. The molecule has 1 N–H and O–H groups in total. The Bertz CT molecular complexity index is 644. The quantitative estimate of drug-likeness (QED) is 0.856. The molecule has 0 bridgehead atoms. The lowest BCUT2D eigenvalue weighted by Gasteiger charge is -2.46. The molecule has 2 aliphatic heterocycles. The number of aliphatic hydroxyl groups excluding tert-OH is 1. The molecule has 2 aliphatic rings. The summed E-state index contributed by atoms with van der Waals surface area (Å²) in [5, 5.41) is 10.8. The Kier molecular flexibility index (Phi) is 5.05. The lowest BCUT2D eigenvalue weighted by atomic mass is 9.84. The van der Waals surface area contributed by atoms with E-state index in [-0.39, 0.29) is 24.5 Å². The van der Waals surface area contributed by atoms with Crippen molar-refractivity contribution in [3.05, 3.63) is 17.5 Å². The van der Waals surface area contributed by atoms with Crippen LogP contribution in [0.1, 0.15) is 25.7 Å². The topological polar surface area (TPSA) is 77.9 Å². The molecule has 6 nitrogen and oxygen atoms in total. The molecule has 1 aromatic heterocycles. The van der Waals surface area contributed by atoms with Crippen LogP contribution >= 0.6 is 11.3 Å². The largest absolute Gasteiger partial charge is 0.396 e. The van der Waals surface area contributed by atoms with Crippen molar-refractivity contribution in [3.8, 4) is 0 Å². The number of hydrogen-bond acceptors (Lipinski definition) is 5. The van der Waals surface area contributed by atoms with E-state index in [1.54, 1.807) is 21.8 Å². The predicted molar refractivity (Wildman–Crippen MR) is 87.6 cm³/mol. The summed E-state index contributed by atoms with van der Waals surface area (Å²) in [5.41, 5.74) is 0. The minimum Gasteiger partial charge on any atom is -0.396 e. The van der Waals surface area contributed by atoms with Gasteiger partial charge in [0.2, 0.25) is 5.91 Å². The number of carbonyl (C=O) groups excluding carboxylic acids is 1. The van der Waals surface area contributed by atoms with Crippen LogP contribution in [-0.2, 0) is 14.8 Å². The number of aliphatic hydroxyl groups is 1. The number of nitrogens with zero attached hydrogens (tertiary/aromatic N) is 2. The Morgan fingerprint density at radius 2 is 2.17 bits per heavy atom. The second-order valence-electron chi connectivity index (χ2n) is 6.11. The summed E-state index contributed by atoms with van der Waals surface area (Å²) >= 11 is 1.24. The summed E-state index contributed by atoms with van der Waals surface area (Å²) in [6, 6.07) is 3.50. The maximum absolute atomic E-state index is 12.7. The highest BCUT2D eigenvalue weighted by molar-refractivity contribution is 7.91. The molecule has 0 radical (unpaired) electrons. The molecule has 0 aromatic carbocycles. The van der Waals surface area contributed by atoms with Gasteiger partial charge in [-0.25, -0.2) is 8.42 Å². The van der Waals surface area contributed by atoms with Crippen molar-refractivity contribution in [2.45, 2.75) is 35.9 Å². The number of amides is 1. The van der Waals surface area contributed by atoms with Gasteiger partial charge in [-0.15, -0.1) is 11.3 Å². The average Bonchev–Trinajstić information content (AvgIpc) is 3.09. The average molecular weight is 358 g/mol. The van der Waals surface area contributed by atoms with Gasteiger partial charge >= 0.3 is 0 Å². The number of rotatable bonds is 5. The van der Waals surface area contributed by atoms with Crippen LogP contribution in [0.2, 0.25) is 0 Å². The smallest absolute Gasteiger partial charge is 0.252 e. The van der Waals surface area contributed by atoms with Crippen LogP contribution in [0.5, 0.6) is 0 Å². The van der Waals surface area contributed by atoms with Crippen molar-refractivity contribution in [2.75, 3.05) is 26.2 Å². The lowest BCUT2D eigenvalue weighted by Crippen LogP contribution is -2.57. The van der Waals surface area contributed by atoms with Crippen LogP contribution in [-0.4, -0.2) is 60.9 Å². The molecule has 0 unspecified atom stereocenters. The number of fused-ring (bicyclic) bond motifs is 1. The summed E-state index contributed by atoms with van der Waals surface area (Å²) < 4.78 is 27.3. The van der Waals surface area contributed by atoms with E-state index in [1.165, 1.54) is 11.3 Å². The van der Waals surface area contributed by atoms with E-state index in [1.807, 2.05) is 4.90 Å². The van der Waals surface area contributed by atoms with E-state index in [4.69, 9.17) is 5.11 Å². The first kappa shape index (κ1) is 16.9. The number of carbonyl (C=O) groups is 1. The molecule has 3 rings (SSSR count). The first-order valence-electron chi connectivity index (χ1n) is 7.98. The maximum Gasteiger partial charge on any atom is 0.252 e. The van der Waals surface area contributed by atoms with Crippen molar-refractivity contribution in [3.63, 3.8) is 0 Å². The van der Waals surface area contributed by atoms with Crippen molar-refractivity contribution in [1.82, 2.24) is 9.21 Å². The van der Waals surface area contributed by atoms with Crippen molar-refractivity contribution in [1.29, 1.82) is 0 Å². The zero-order valence-corrected chi connectivity index (χ0v) is 14.6. The van der Waals surface area contributed by atoms with Gasteiger partial charge in [-0.1, -0.05) is 6.07 Å². The Labute approximate surface area is 140 Å². The van der Waals surface area contributed by atoms with E-state index in [0.717, 1.165) is 6.42 Å². The molecular formula is C15H22N2O4S2. The summed E-state index contributed by atoms with van der Waals surface area (Å²) in [5.74, 6) is 0.323. The van der Waals surface area contributed by atoms with Crippen LogP contribution in [0.15, 0.2) is 21.7 Å². The monoisotopic (exact) mass is 358 g/mol. The molecule has 3 heterocycles. The third-order valence-electron chi connectivity index (χ3n) is 4.75. The Hall–Kier alpha value is -0.960. The van der Waals surface area contributed by atoms with Gasteiger partial charge in [0.1, 0.15) is 4.21 Å². The summed E-state index contributed by atoms with van der Waals surface area (Å²) in [4.78, 5) is 14.0. The van der Waals surface area contributed by atoms with Crippen LogP contribution in [0.25, 0.3) is 0 Å². The molecule has 8 heteroatoms. The number of thiophene rings is 1. The van der Waals surface area contributed by atoms with Gasteiger partial charge in [-0.3, -0.25) is 4.79 Å². The highest BCUT2D eigenvalue weighted by Gasteiger charge is 2.42.